The minimum Gasteiger partial charge on any atom is -0.353 e. The number of rotatable bonds is 4. The first-order chi connectivity index (χ1) is 15.0. The molecule has 1 aromatic heterocycles. The van der Waals surface area contributed by atoms with E-state index >= 15 is 0 Å². The molecule has 0 atom stereocenters. The number of nitrogens with zero attached hydrogens (tertiary/aromatic N) is 3. The molecule has 0 radical (unpaired) electrons. The molecule has 1 saturated heterocycles. The van der Waals surface area contributed by atoms with Crippen LogP contribution in [0, 0.1) is 6.92 Å². The number of hydrogen-bond acceptors (Lipinski definition) is 4. The summed E-state index contributed by atoms with van der Waals surface area (Å²) in [5.74, 6) is 0.742. The third kappa shape index (κ3) is 4.94. The number of nitrogens with one attached hydrogen (secondary N) is 1. The van der Waals surface area contributed by atoms with Crippen molar-refractivity contribution in [3.63, 3.8) is 0 Å². The summed E-state index contributed by atoms with van der Waals surface area (Å²) < 4.78 is 0.957. The third-order valence-electron chi connectivity index (χ3n) is 5.38. The second-order valence-electron chi connectivity index (χ2n) is 7.46. The van der Waals surface area contributed by atoms with Gasteiger partial charge in [-0.25, -0.2) is 4.98 Å². The van der Waals surface area contributed by atoms with Crippen molar-refractivity contribution in [2.45, 2.75) is 6.92 Å². The highest BCUT2D eigenvalue weighted by atomic mass is 79.9. The Labute approximate surface area is 190 Å². The van der Waals surface area contributed by atoms with Gasteiger partial charge in [-0.2, -0.15) is 0 Å². The topological polar surface area (TPSA) is 65.5 Å². The molecule has 3 aromatic rings. The summed E-state index contributed by atoms with van der Waals surface area (Å²) in [4.78, 5) is 33.7. The molecule has 1 N–H and O–H groups in total. The number of benzene rings is 2. The molecule has 0 unspecified atom stereocenters. The van der Waals surface area contributed by atoms with E-state index in [0.717, 1.165) is 15.9 Å². The molecule has 1 aliphatic rings. The Hall–Kier alpha value is -3.19. The van der Waals surface area contributed by atoms with E-state index in [1.54, 1.807) is 6.20 Å². The number of anilines is 2. The number of hydrogen-bond donors (Lipinski definition) is 1. The average Bonchev–Trinajstić information content (AvgIpc) is 2.80. The first kappa shape index (κ1) is 21.1. The Balaban J connectivity index is 1.34. The lowest BCUT2D eigenvalue weighted by atomic mass is 10.1. The fourth-order valence-electron chi connectivity index (χ4n) is 3.59. The van der Waals surface area contributed by atoms with E-state index in [4.69, 9.17) is 0 Å². The number of aromatic nitrogens is 1. The van der Waals surface area contributed by atoms with Crippen LogP contribution in [0.25, 0.3) is 0 Å². The molecule has 31 heavy (non-hydrogen) atoms. The molecular weight excluding hydrogens is 456 g/mol. The van der Waals surface area contributed by atoms with Crippen LogP contribution >= 0.6 is 15.9 Å². The SMILES string of the molecule is Cc1ccccc1C(=O)Nc1ccc(N2CCN(C(=O)c3ccc(Br)cc3)CC2)nc1. The van der Waals surface area contributed by atoms with E-state index in [1.807, 2.05) is 72.5 Å². The minimum atomic E-state index is -0.146. The van der Waals surface area contributed by atoms with Crippen LogP contribution in [-0.2, 0) is 0 Å². The maximum Gasteiger partial charge on any atom is 0.255 e. The van der Waals surface area contributed by atoms with E-state index in [0.29, 0.717) is 43.0 Å². The lowest BCUT2D eigenvalue weighted by molar-refractivity contribution is 0.0746. The summed E-state index contributed by atoms with van der Waals surface area (Å²) >= 11 is 3.40. The lowest BCUT2D eigenvalue weighted by Gasteiger charge is -2.35. The van der Waals surface area contributed by atoms with Gasteiger partial charge in [0.2, 0.25) is 0 Å². The van der Waals surface area contributed by atoms with Gasteiger partial charge in [-0.1, -0.05) is 34.1 Å². The molecule has 0 aliphatic carbocycles. The third-order valence-corrected chi connectivity index (χ3v) is 5.91. The molecular formula is C24H23BrN4O2. The molecule has 158 valence electrons. The van der Waals surface area contributed by atoms with Crippen LogP contribution in [-0.4, -0.2) is 47.9 Å². The number of carbonyl (C=O) groups excluding carboxylic acids is 2. The van der Waals surface area contributed by atoms with Crippen molar-refractivity contribution in [3.8, 4) is 0 Å². The molecule has 0 saturated carbocycles. The standard InChI is InChI=1S/C24H23BrN4O2/c1-17-4-2-3-5-21(17)23(30)27-20-10-11-22(26-16-20)28-12-14-29(15-13-28)24(31)18-6-8-19(25)9-7-18/h2-11,16H,12-15H2,1H3,(H,27,30). The molecule has 1 fully saturated rings. The second kappa shape index (κ2) is 9.31. The number of amides is 2. The van der Waals surface area contributed by atoms with Crippen molar-refractivity contribution in [1.82, 2.24) is 9.88 Å². The van der Waals surface area contributed by atoms with Gasteiger partial charge in [-0.15, -0.1) is 0 Å². The van der Waals surface area contributed by atoms with Gasteiger partial charge < -0.3 is 15.1 Å². The smallest absolute Gasteiger partial charge is 0.255 e. The largest absolute Gasteiger partial charge is 0.353 e. The van der Waals surface area contributed by atoms with Gasteiger partial charge >= 0.3 is 0 Å². The number of pyridine rings is 1. The van der Waals surface area contributed by atoms with Crippen LogP contribution in [0.15, 0.2) is 71.3 Å². The Morgan fingerprint density at radius 2 is 1.65 bits per heavy atom. The van der Waals surface area contributed by atoms with Gasteiger partial charge in [0.25, 0.3) is 11.8 Å². The fraction of sp³-hybridized carbons (Fsp3) is 0.208. The predicted molar refractivity (Wildman–Crippen MR) is 126 cm³/mol. The maximum absolute atomic E-state index is 12.7. The molecule has 6 nitrogen and oxygen atoms in total. The van der Waals surface area contributed by atoms with Crippen LogP contribution in [0.5, 0.6) is 0 Å². The van der Waals surface area contributed by atoms with E-state index in [2.05, 4.69) is 31.1 Å². The maximum atomic E-state index is 12.7. The fourth-order valence-corrected chi connectivity index (χ4v) is 3.85. The minimum absolute atomic E-state index is 0.0503. The first-order valence-electron chi connectivity index (χ1n) is 10.1. The van der Waals surface area contributed by atoms with E-state index in [9.17, 15) is 9.59 Å². The Morgan fingerprint density at radius 3 is 2.29 bits per heavy atom. The molecule has 2 aromatic carbocycles. The van der Waals surface area contributed by atoms with Gasteiger partial charge in [0.15, 0.2) is 0 Å². The highest BCUT2D eigenvalue weighted by Gasteiger charge is 2.23. The zero-order valence-corrected chi connectivity index (χ0v) is 18.8. The normalized spacial score (nSPS) is 13.7. The van der Waals surface area contributed by atoms with Gasteiger partial charge in [0, 0.05) is 41.8 Å². The molecule has 2 amide bonds. The number of aryl methyl sites for hydroxylation is 1. The van der Waals surface area contributed by atoms with Crippen LogP contribution in [0.4, 0.5) is 11.5 Å². The highest BCUT2D eigenvalue weighted by Crippen LogP contribution is 2.19. The van der Waals surface area contributed by atoms with Gasteiger partial charge in [-0.05, 0) is 55.0 Å². The molecule has 4 rings (SSSR count). The second-order valence-corrected chi connectivity index (χ2v) is 8.38. The van der Waals surface area contributed by atoms with Crippen molar-refractivity contribution < 1.29 is 9.59 Å². The van der Waals surface area contributed by atoms with Crippen molar-refractivity contribution in [1.29, 1.82) is 0 Å². The van der Waals surface area contributed by atoms with Crippen molar-refractivity contribution in [2.24, 2.45) is 0 Å². The predicted octanol–water partition coefficient (Wildman–Crippen LogP) is 4.37. The summed E-state index contributed by atoms with van der Waals surface area (Å²) in [5, 5.41) is 2.90. The average molecular weight is 479 g/mol. The molecule has 7 heteroatoms. The monoisotopic (exact) mass is 478 g/mol. The Bertz CT molecular complexity index is 1080. The first-order valence-corrected chi connectivity index (χ1v) is 10.9. The zero-order chi connectivity index (χ0) is 21.8. The van der Waals surface area contributed by atoms with Crippen molar-refractivity contribution in [3.05, 3.63) is 88.0 Å². The van der Waals surface area contributed by atoms with Crippen molar-refractivity contribution >= 4 is 39.2 Å². The number of carbonyl (C=O) groups is 2. The lowest BCUT2D eigenvalue weighted by Crippen LogP contribution is -2.49. The van der Waals surface area contributed by atoms with Gasteiger partial charge in [-0.3, -0.25) is 9.59 Å². The van der Waals surface area contributed by atoms with Crippen LogP contribution < -0.4 is 10.2 Å². The molecule has 2 heterocycles. The molecule has 1 aliphatic heterocycles. The van der Waals surface area contributed by atoms with Crippen LogP contribution in [0.1, 0.15) is 26.3 Å². The van der Waals surface area contributed by atoms with Crippen molar-refractivity contribution in [2.75, 3.05) is 36.4 Å². The van der Waals surface area contributed by atoms with E-state index in [-0.39, 0.29) is 11.8 Å². The molecule has 0 bridgehead atoms. The zero-order valence-electron chi connectivity index (χ0n) is 17.2. The number of halogens is 1. The molecule has 0 spiro atoms. The number of piperazine rings is 1. The summed E-state index contributed by atoms with van der Waals surface area (Å²) in [5.41, 5.74) is 2.93. The van der Waals surface area contributed by atoms with E-state index < -0.39 is 0 Å². The van der Waals surface area contributed by atoms with Crippen LogP contribution in [0.2, 0.25) is 0 Å². The van der Waals surface area contributed by atoms with Gasteiger partial charge in [0.1, 0.15) is 5.82 Å². The van der Waals surface area contributed by atoms with E-state index in [1.165, 1.54) is 0 Å². The Morgan fingerprint density at radius 1 is 0.935 bits per heavy atom. The quantitative estimate of drug-likeness (QED) is 0.604. The summed E-state index contributed by atoms with van der Waals surface area (Å²) in [6, 6.07) is 18.7. The summed E-state index contributed by atoms with van der Waals surface area (Å²) in [7, 11) is 0. The Kier molecular flexibility index (Phi) is 6.32. The van der Waals surface area contributed by atoms with Gasteiger partial charge in [0.05, 0.1) is 11.9 Å². The summed E-state index contributed by atoms with van der Waals surface area (Å²) in [6.45, 7) is 4.62. The van der Waals surface area contributed by atoms with Crippen LogP contribution in [0.3, 0.4) is 0 Å². The summed E-state index contributed by atoms with van der Waals surface area (Å²) in [6.07, 6.45) is 1.67. The highest BCUT2D eigenvalue weighted by molar-refractivity contribution is 9.10.